The number of rotatable bonds is 12. The van der Waals surface area contributed by atoms with Crippen molar-refractivity contribution in [2.75, 3.05) is 19.6 Å². The Labute approximate surface area is 416 Å². The molecule has 0 fully saturated rings. The third-order valence-corrected chi connectivity index (χ3v) is 13.1. The Morgan fingerprint density at radius 1 is 0.250 bits per heavy atom. The molecule has 0 radical (unpaired) electrons. The molecule has 0 saturated carbocycles. The highest BCUT2D eigenvalue weighted by atomic mass is 15.3. The highest BCUT2D eigenvalue weighted by Crippen LogP contribution is 2.55. The summed E-state index contributed by atoms with van der Waals surface area (Å²) < 4.78 is 0. The van der Waals surface area contributed by atoms with Gasteiger partial charge in [0.05, 0.1) is 45.5 Å². The second-order valence-corrected chi connectivity index (χ2v) is 17.4. The maximum absolute atomic E-state index is 5.06. The zero-order chi connectivity index (χ0) is 48.7. The Hall–Kier alpha value is -9.68. The summed E-state index contributed by atoms with van der Waals surface area (Å²) in [5.74, 6) is 2.81. The molecular weight excluding hydrogens is 889 g/mol. The summed E-state index contributed by atoms with van der Waals surface area (Å²) in [4.78, 5) is 48.4. The maximum atomic E-state index is 5.06. The number of anilines is 12. The van der Waals surface area contributed by atoms with Gasteiger partial charge in [-0.3, -0.25) is 39.5 Å². The van der Waals surface area contributed by atoms with Crippen molar-refractivity contribution in [1.29, 1.82) is 0 Å². The van der Waals surface area contributed by atoms with E-state index in [1.165, 1.54) is 0 Å². The fraction of sp³-hybridized carbons (Fsp3) is 0.0667. The average molecular weight is 935 g/mol. The Morgan fingerprint density at radius 3 is 0.667 bits per heavy atom. The van der Waals surface area contributed by atoms with Gasteiger partial charge in [-0.15, -0.1) is 0 Å². The van der Waals surface area contributed by atoms with E-state index in [-0.39, 0.29) is 0 Å². The van der Waals surface area contributed by atoms with E-state index in [1.807, 2.05) is 52.0 Å². The summed E-state index contributed by atoms with van der Waals surface area (Å²) in [6, 6.07) is 55.1. The predicted octanol–water partition coefficient (Wildman–Crippen LogP) is 14.9. The van der Waals surface area contributed by atoms with Gasteiger partial charge in [-0.05, 0) is 88.4 Å². The smallest absolute Gasteiger partial charge is 0.159 e. The molecular formula is C60H46N12. The molecule has 0 amide bonds. The predicted molar refractivity (Wildman–Crippen MR) is 290 cm³/mol. The minimum Gasteiger partial charge on any atom is -0.293 e. The molecule has 0 N–H and O–H groups in total. The Morgan fingerprint density at radius 2 is 0.458 bits per heavy atom. The first-order chi connectivity index (χ1) is 35.4. The maximum Gasteiger partial charge on any atom is 0.159 e. The fourth-order valence-electron chi connectivity index (χ4n) is 9.95. The van der Waals surface area contributed by atoms with E-state index >= 15 is 0 Å². The summed E-state index contributed by atoms with van der Waals surface area (Å²) in [5.41, 5.74) is 10.4. The summed E-state index contributed by atoms with van der Waals surface area (Å²) in [7, 11) is 0. The third-order valence-electron chi connectivity index (χ3n) is 13.1. The molecule has 0 aliphatic rings. The van der Waals surface area contributed by atoms with Crippen molar-refractivity contribution in [3.8, 4) is 0 Å². The number of para-hydroxylation sites is 4. The molecule has 0 saturated heterocycles. The van der Waals surface area contributed by atoms with E-state index in [9.17, 15) is 0 Å². The molecule has 12 heteroatoms. The number of benzene rings is 8. The van der Waals surface area contributed by atoms with Gasteiger partial charge >= 0.3 is 0 Å². The van der Waals surface area contributed by atoms with E-state index in [0.717, 1.165) is 101 Å². The second-order valence-electron chi connectivity index (χ2n) is 17.4. The topological polar surface area (TPSA) is 116 Å². The fourth-order valence-corrected chi connectivity index (χ4v) is 9.95. The van der Waals surface area contributed by atoms with E-state index in [2.05, 4.69) is 153 Å². The molecule has 0 unspecified atom stereocenters. The van der Waals surface area contributed by atoms with E-state index in [1.54, 1.807) is 49.6 Å². The minimum atomic E-state index is 0.703. The van der Waals surface area contributed by atoms with Crippen LogP contribution in [-0.4, -0.2) is 39.9 Å². The van der Waals surface area contributed by atoms with Crippen molar-refractivity contribution >= 4 is 101 Å². The van der Waals surface area contributed by atoms with Gasteiger partial charge < -0.3 is 0 Å². The molecule has 12 rings (SSSR count). The van der Waals surface area contributed by atoms with Crippen LogP contribution >= 0.6 is 0 Å². The lowest BCUT2D eigenvalue weighted by molar-refractivity contribution is 1.06. The average Bonchev–Trinajstić information content (AvgIpc) is 3.42. The van der Waals surface area contributed by atoms with Gasteiger partial charge in [-0.2, -0.15) is 0 Å². The molecule has 0 spiro atoms. The standard InChI is InChI=1S/C60H46N12/c1-39-57(65-33-29-61-39)69(43-17-9-5-10-18-43)51-37-52(70(44-19-11-6-12-20-44)58-40(2)62-30-34-66-58)48-27-28-50-54(72(46-23-15-8-16-24-46)60-42(4)64-32-36-68-60)38-53(49-26-25-47(51)55(48)56(49)50)71(45-21-13-7-14-22-45)59-41(3)63-31-35-67-59/h5-38H,1-4H3. The first-order valence-corrected chi connectivity index (χ1v) is 23.7. The molecule has 4 heterocycles. The van der Waals surface area contributed by atoms with Crippen molar-refractivity contribution in [1.82, 2.24) is 39.9 Å². The number of aromatic nitrogens is 8. The monoisotopic (exact) mass is 934 g/mol. The number of nitrogens with zero attached hydrogens (tertiary/aromatic N) is 12. The van der Waals surface area contributed by atoms with Gasteiger partial charge in [0.25, 0.3) is 0 Å². The van der Waals surface area contributed by atoms with Gasteiger partial charge in [0.15, 0.2) is 23.3 Å². The zero-order valence-corrected chi connectivity index (χ0v) is 40.0. The van der Waals surface area contributed by atoms with Crippen LogP contribution < -0.4 is 19.6 Å². The summed E-state index contributed by atoms with van der Waals surface area (Å²) in [6.07, 6.45) is 14.0. The molecule has 346 valence electrons. The van der Waals surface area contributed by atoms with E-state index < -0.39 is 0 Å². The first-order valence-electron chi connectivity index (χ1n) is 23.7. The number of aryl methyl sites for hydroxylation is 4. The summed E-state index contributed by atoms with van der Waals surface area (Å²) in [6.45, 7) is 8.02. The normalized spacial score (nSPS) is 11.3. The molecule has 0 aliphatic carbocycles. The Balaban J connectivity index is 1.31. The van der Waals surface area contributed by atoms with Crippen LogP contribution in [0.3, 0.4) is 0 Å². The van der Waals surface area contributed by atoms with Gasteiger partial charge in [0.1, 0.15) is 0 Å². The lowest BCUT2D eigenvalue weighted by Gasteiger charge is -2.34. The van der Waals surface area contributed by atoms with Crippen molar-refractivity contribution < 1.29 is 0 Å². The van der Waals surface area contributed by atoms with Crippen molar-refractivity contribution in [2.45, 2.75) is 27.7 Å². The molecule has 4 aromatic heterocycles. The number of hydrogen-bond acceptors (Lipinski definition) is 12. The van der Waals surface area contributed by atoms with Crippen molar-refractivity contribution in [3.63, 3.8) is 0 Å². The molecule has 0 aliphatic heterocycles. The van der Waals surface area contributed by atoms with Crippen LogP contribution in [0.1, 0.15) is 22.8 Å². The molecule has 0 bridgehead atoms. The van der Waals surface area contributed by atoms with Crippen molar-refractivity contribution in [2.24, 2.45) is 0 Å². The quantitative estimate of drug-likeness (QED) is 0.109. The van der Waals surface area contributed by atoms with Gasteiger partial charge in [0, 0.05) is 105 Å². The highest BCUT2D eigenvalue weighted by molar-refractivity contribution is 6.33. The van der Waals surface area contributed by atoms with Crippen molar-refractivity contribution in [3.05, 3.63) is 230 Å². The molecule has 12 aromatic rings. The number of hydrogen-bond donors (Lipinski definition) is 0. The van der Waals surface area contributed by atoms with E-state index in [4.69, 9.17) is 39.9 Å². The van der Waals surface area contributed by atoms with Crippen LogP contribution in [0.15, 0.2) is 207 Å². The largest absolute Gasteiger partial charge is 0.293 e. The molecule has 0 atom stereocenters. The second kappa shape index (κ2) is 18.3. The van der Waals surface area contributed by atoms with E-state index in [0.29, 0.717) is 23.3 Å². The summed E-state index contributed by atoms with van der Waals surface area (Å²) in [5, 5.41) is 6.04. The molecule has 8 aromatic carbocycles. The SMILES string of the molecule is Cc1nccnc1N(c1ccccc1)c1cc(N(c2ccccc2)c2nccnc2C)c2ccc3c(N(c4ccccc4)c4nccnc4C)cc(N(c4ccccc4)c4nccnc4C)c4ccc1c2c43. The van der Waals surface area contributed by atoms with Crippen LogP contribution in [0.2, 0.25) is 0 Å². The zero-order valence-electron chi connectivity index (χ0n) is 40.0. The van der Waals surface area contributed by atoms with Crippen LogP contribution in [0.25, 0.3) is 32.3 Å². The lowest BCUT2D eigenvalue weighted by Crippen LogP contribution is -2.18. The Kier molecular flexibility index (Phi) is 11.1. The first kappa shape index (κ1) is 43.6. The highest BCUT2D eigenvalue weighted by Gasteiger charge is 2.31. The van der Waals surface area contributed by atoms with Crippen LogP contribution in [0.4, 0.5) is 68.8 Å². The molecule has 12 nitrogen and oxygen atoms in total. The summed E-state index contributed by atoms with van der Waals surface area (Å²) >= 11 is 0. The van der Waals surface area contributed by atoms with Crippen LogP contribution in [-0.2, 0) is 0 Å². The van der Waals surface area contributed by atoms with Gasteiger partial charge in [-0.1, -0.05) is 97.1 Å². The third kappa shape index (κ3) is 7.49. The minimum absolute atomic E-state index is 0.703. The van der Waals surface area contributed by atoms with Crippen LogP contribution in [0, 0.1) is 27.7 Å². The van der Waals surface area contributed by atoms with Gasteiger partial charge in [-0.25, -0.2) is 19.9 Å². The lowest BCUT2D eigenvalue weighted by atomic mass is 9.89. The van der Waals surface area contributed by atoms with Crippen LogP contribution in [0.5, 0.6) is 0 Å². The Bertz CT molecular complexity index is 3390. The molecule has 72 heavy (non-hydrogen) atoms. The van der Waals surface area contributed by atoms with Gasteiger partial charge in [0.2, 0.25) is 0 Å².